The summed E-state index contributed by atoms with van der Waals surface area (Å²) in [6.07, 6.45) is 1.47. The number of aromatic nitrogens is 1. The SMILES string of the molecule is COc1cc(C=c2sc3n(c2=O)C(c2ccc(Cl)cc2)C(C(=O)OC(C)C)=C(C)N=3)ccc1OCc1cccc(C)c1. The second kappa shape index (κ2) is 12.4. The molecule has 2 heterocycles. The number of nitrogens with zero attached hydrogens (tertiary/aromatic N) is 2. The van der Waals surface area contributed by atoms with E-state index in [0.717, 1.165) is 22.3 Å². The minimum Gasteiger partial charge on any atom is -0.493 e. The van der Waals surface area contributed by atoms with Gasteiger partial charge in [-0.2, -0.15) is 0 Å². The van der Waals surface area contributed by atoms with Gasteiger partial charge in [0.1, 0.15) is 6.61 Å². The van der Waals surface area contributed by atoms with Crippen LogP contribution < -0.4 is 24.4 Å². The zero-order chi connectivity index (χ0) is 30.0. The number of hydrogen-bond donors (Lipinski definition) is 0. The van der Waals surface area contributed by atoms with Crippen LogP contribution in [0.1, 0.15) is 49.1 Å². The van der Waals surface area contributed by atoms with Crippen molar-refractivity contribution in [3.05, 3.63) is 125 Å². The number of methoxy groups -OCH3 is 1. The summed E-state index contributed by atoms with van der Waals surface area (Å²) < 4.78 is 19.2. The number of benzene rings is 3. The maximum atomic E-state index is 13.9. The van der Waals surface area contributed by atoms with Gasteiger partial charge in [0, 0.05) is 5.02 Å². The number of aryl methyl sites for hydroxylation is 1. The highest BCUT2D eigenvalue weighted by molar-refractivity contribution is 7.07. The monoisotopic (exact) mass is 602 g/mol. The number of hydrogen-bond acceptors (Lipinski definition) is 7. The lowest BCUT2D eigenvalue weighted by Gasteiger charge is -2.25. The van der Waals surface area contributed by atoms with Crippen LogP contribution >= 0.6 is 22.9 Å². The van der Waals surface area contributed by atoms with Crippen LogP contribution in [0.15, 0.2) is 87.8 Å². The molecule has 1 atom stereocenters. The molecule has 3 aromatic carbocycles. The van der Waals surface area contributed by atoms with E-state index in [1.54, 1.807) is 50.7 Å². The molecule has 0 saturated heterocycles. The Morgan fingerprint density at radius 2 is 1.83 bits per heavy atom. The number of thiazole rings is 1. The molecule has 0 spiro atoms. The highest BCUT2D eigenvalue weighted by Gasteiger charge is 2.33. The van der Waals surface area contributed by atoms with Crippen LogP contribution in [0.3, 0.4) is 0 Å². The first-order chi connectivity index (χ1) is 20.1. The third-order valence-electron chi connectivity index (χ3n) is 6.73. The lowest BCUT2D eigenvalue weighted by molar-refractivity contribution is -0.143. The molecule has 0 fully saturated rings. The van der Waals surface area contributed by atoms with Gasteiger partial charge in [0.2, 0.25) is 0 Å². The summed E-state index contributed by atoms with van der Waals surface area (Å²) in [7, 11) is 1.58. The lowest BCUT2D eigenvalue weighted by Crippen LogP contribution is -2.40. The second-order valence-corrected chi connectivity index (χ2v) is 11.7. The van der Waals surface area contributed by atoms with Gasteiger partial charge in [0.05, 0.1) is 35.1 Å². The van der Waals surface area contributed by atoms with Crippen molar-refractivity contribution >= 4 is 35.0 Å². The van der Waals surface area contributed by atoms with Crippen LogP contribution in [-0.4, -0.2) is 23.8 Å². The van der Waals surface area contributed by atoms with Gasteiger partial charge < -0.3 is 14.2 Å². The van der Waals surface area contributed by atoms with Gasteiger partial charge in [-0.25, -0.2) is 9.79 Å². The van der Waals surface area contributed by atoms with Gasteiger partial charge >= 0.3 is 5.97 Å². The highest BCUT2D eigenvalue weighted by Crippen LogP contribution is 2.32. The molecule has 0 N–H and O–H groups in total. The number of carbonyl (C=O) groups is 1. The molecule has 216 valence electrons. The van der Waals surface area contributed by atoms with Gasteiger partial charge in [-0.1, -0.05) is 71.0 Å². The van der Waals surface area contributed by atoms with Crippen molar-refractivity contribution in [2.24, 2.45) is 4.99 Å². The maximum Gasteiger partial charge on any atom is 0.338 e. The average molecular weight is 603 g/mol. The van der Waals surface area contributed by atoms with Crippen LogP contribution in [0.5, 0.6) is 11.5 Å². The number of carbonyl (C=O) groups excluding carboxylic acids is 1. The quantitative estimate of drug-likeness (QED) is 0.241. The standard InChI is InChI=1S/C33H31ClN2O5S/c1-19(2)41-32(38)29-21(4)35-33-36(30(29)24-10-12-25(34)13-11-24)31(37)28(42-33)17-22-9-14-26(27(16-22)39-5)40-18-23-8-6-7-20(3)15-23/h6-17,19,30H,18H2,1-5H3. The van der Waals surface area contributed by atoms with Crippen molar-refractivity contribution in [3.63, 3.8) is 0 Å². The predicted octanol–water partition coefficient (Wildman–Crippen LogP) is 5.74. The van der Waals surface area contributed by atoms with Crippen LogP contribution in [0.4, 0.5) is 0 Å². The number of allylic oxidation sites excluding steroid dienone is 1. The minimum absolute atomic E-state index is 0.264. The Morgan fingerprint density at radius 1 is 1.07 bits per heavy atom. The molecule has 42 heavy (non-hydrogen) atoms. The van der Waals surface area contributed by atoms with Crippen LogP contribution in [0.2, 0.25) is 5.02 Å². The fraction of sp³-hybridized carbons (Fsp3) is 0.242. The Bertz CT molecular complexity index is 1850. The van der Waals surface area contributed by atoms with Crippen molar-refractivity contribution in [1.82, 2.24) is 4.57 Å². The van der Waals surface area contributed by atoms with Crippen molar-refractivity contribution < 1.29 is 19.0 Å². The molecule has 0 saturated carbocycles. The van der Waals surface area contributed by atoms with Crippen molar-refractivity contribution in [3.8, 4) is 11.5 Å². The molecular formula is C33H31ClN2O5S. The summed E-state index contributed by atoms with van der Waals surface area (Å²) in [5.74, 6) is 0.647. The van der Waals surface area contributed by atoms with E-state index >= 15 is 0 Å². The number of esters is 1. The second-order valence-electron chi connectivity index (χ2n) is 10.3. The molecule has 1 unspecified atom stereocenters. The summed E-state index contributed by atoms with van der Waals surface area (Å²) in [4.78, 5) is 32.3. The Hall–Kier alpha value is -4.14. The van der Waals surface area contributed by atoms with E-state index in [0.29, 0.717) is 43.7 Å². The normalized spacial score (nSPS) is 14.9. The first-order valence-electron chi connectivity index (χ1n) is 13.5. The Morgan fingerprint density at radius 3 is 2.52 bits per heavy atom. The molecule has 5 rings (SSSR count). The van der Waals surface area contributed by atoms with Crippen molar-refractivity contribution in [1.29, 1.82) is 0 Å². The van der Waals surface area contributed by atoms with E-state index in [1.807, 2.05) is 55.5 Å². The summed E-state index contributed by atoms with van der Waals surface area (Å²) in [5, 5.41) is 0.554. The van der Waals surface area contributed by atoms with Crippen LogP contribution in [-0.2, 0) is 16.1 Å². The molecule has 0 bridgehead atoms. The fourth-order valence-corrected chi connectivity index (χ4v) is 6.00. The van der Waals surface area contributed by atoms with Gasteiger partial charge in [0.25, 0.3) is 5.56 Å². The first-order valence-corrected chi connectivity index (χ1v) is 14.7. The van der Waals surface area contributed by atoms with E-state index in [1.165, 1.54) is 11.3 Å². The topological polar surface area (TPSA) is 79.1 Å². The third kappa shape index (κ3) is 6.20. The molecular weight excluding hydrogens is 572 g/mol. The summed E-state index contributed by atoms with van der Waals surface area (Å²) in [6, 6.07) is 20.1. The van der Waals surface area contributed by atoms with E-state index in [-0.39, 0.29) is 11.7 Å². The molecule has 7 nitrogen and oxygen atoms in total. The van der Waals surface area contributed by atoms with E-state index in [9.17, 15) is 9.59 Å². The predicted molar refractivity (Wildman–Crippen MR) is 165 cm³/mol. The number of rotatable bonds is 8. The molecule has 1 aromatic heterocycles. The zero-order valence-corrected chi connectivity index (χ0v) is 25.6. The van der Waals surface area contributed by atoms with Gasteiger partial charge in [-0.15, -0.1) is 0 Å². The summed E-state index contributed by atoms with van der Waals surface area (Å²) in [6.45, 7) is 7.78. The zero-order valence-electron chi connectivity index (χ0n) is 24.0. The molecule has 0 amide bonds. The molecule has 1 aliphatic heterocycles. The Labute approximate surface area is 253 Å². The van der Waals surface area contributed by atoms with E-state index in [4.69, 9.17) is 25.8 Å². The largest absolute Gasteiger partial charge is 0.493 e. The van der Waals surface area contributed by atoms with E-state index < -0.39 is 12.0 Å². The molecule has 1 aliphatic rings. The van der Waals surface area contributed by atoms with Crippen molar-refractivity contribution in [2.75, 3.05) is 7.11 Å². The lowest BCUT2D eigenvalue weighted by atomic mass is 9.96. The molecule has 4 aromatic rings. The van der Waals surface area contributed by atoms with Crippen LogP contribution in [0.25, 0.3) is 6.08 Å². The Balaban J connectivity index is 1.54. The van der Waals surface area contributed by atoms with E-state index in [2.05, 4.69) is 11.1 Å². The van der Waals surface area contributed by atoms with Gasteiger partial charge in [-0.05, 0) is 74.7 Å². The third-order valence-corrected chi connectivity index (χ3v) is 7.97. The molecule has 0 aliphatic carbocycles. The Kier molecular flexibility index (Phi) is 8.66. The maximum absolute atomic E-state index is 13.9. The number of ether oxygens (including phenoxy) is 3. The van der Waals surface area contributed by atoms with Crippen molar-refractivity contribution in [2.45, 2.75) is 46.4 Å². The summed E-state index contributed by atoms with van der Waals surface area (Å²) >= 11 is 7.41. The highest BCUT2D eigenvalue weighted by atomic mass is 35.5. The van der Waals surface area contributed by atoms with Crippen LogP contribution in [0, 0.1) is 6.92 Å². The first kappa shape index (κ1) is 29.4. The molecule has 0 radical (unpaired) electrons. The average Bonchev–Trinajstić information content (AvgIpc) is 3.25. The van der Waals surface area contributed by atoms with Gasteiger partial charge in [0.15, 0.2) is 16.3 Å². The van der Waals surface area contributed by atoms with Gasteiger partial charge in [-0.3, -0.25) is 9.36 Å². The number of fused-ring (bicyclic) bond motifs is 1. The molecule has 9 heteroatoms. The smallest absolute Gasteiger partial charge is 0.338 e. The minimum atomic E-state index is -0.709. The number of halogens is 1. The fourth-order valence-electron chi connectivity index (χ4n) is 4.83. The summed E-state index contributed by atoms with van der Waals surface area (Å²) in [5.41, 5.74) is 4.28.